The van der Waals surface area contributed by atoms with Crippen molar-refractivity contribution in [2.75, 3.05) is 19.5 Å². The zero-order valence-corrected chi connectivity index (χ0v) is 11.1. The third-order valence-corrected chi connectivity index (χ3v) is 3.16. The third kappa shape index (κ3) is 5.71. The zero-order chi connectivity index (χ0) is 14.3. The molecule has 1 aromatic rings. The molecule has 0 spiro atoms. The average molecular weight is 287 g/mol. The fourth-order valence-corrected chi connectivity index (χ4v) is 1.97. The highest BCUT2D eigenvalue weighted by Crippen LogP contribution is 2.17. The second kappa shape index (κ2) is 7.75. The van der Waals surface area contributed by atoms with Crippen molar-refractivity contribution in [1.29, 1.82) is 0 Å². The van der Waals surface area contributed by atoms with E-state index in [4.69, 9.17) is 9.84 Å². The molecule has 0 heterocycles. The molecule has 0 saturated heterocycles. The number of thioether (sulfide) groups is 1. The Kier molecular flexibility index (Phi) is 6.31. The summed E-state index contributed by atoms with van der Waals surface area (Å²) >= 11 is 1.20. The molecule has 1 aromatic carbocycles. The number of aliphatic carboxylic acids is 1. The summed E-state index contributed by atoms with van der Waals surface area (Å²) < 4.78 is 17.4. The molecule has 0 saturated carbocycles. The van der Waals surface area contributed by atoms with Gasteiger partial charge in [0.25, 0.3) is 0 Å². The van der Waals surface area contributed by atoms with Crippen LogP contribution in [0.2, 0.25) is 0 Å². The maximum Gasteiger partial charge on any atom is 0.328 e. The Bertz CT molecular complexity index is 438. The minimum atomic E-state index is -1.15. The number of benzene rings is 1. The first-order valence-electron chi connectivity index (χ1n) is 5.42. The van der Waals surface area contributed by atoms with E-state index >= 15 is 0 Å². The second-order valence-electron chi connectivity index (χ2n) is 3.66. The van der Waals surface area contributed by atoms with Crippen LogP contribution in [-0.4, -0.2) is 42.5 Å². The molecule has 1 amide bonds. The minimum Gasteiger partial charge on any atom is -0.480 e. The van der Waals surface area contributed by atoms with Crippen molar-refractivity contribution in [3.05, 3.63) is 30.1 Å². The van der Waals surface area contributed by atoms with Crippen molar-refractivity contribution in [3.63, 3.8) is 0 Å². The van der Waals surface area contributed by atoms with Crippen molar-refractivity contribution in [2.45, 2.75) is 10.9 Å². The summed E-state index contributed by atoms with van der Waals surface area (Å²) in [5, 5.41) is 11.2. The molecule has 0 aliphatic carbocycles. The van der Waals surface area contributed by atoms with Crippen LogP contribution in [0.25, 0.3) is 0 Å². The van der Waals surface area contributed by atoms with Crippen LogP contribution in [0.5, 0.6) is 0 Å². The van der Waals surface area contributed by atoms with Crippen molar-refractivity contribution in [3.8, 4) is 0 Å². The number of carbonyl (C=O) groups excluding carboxylic acids is 1. The minimum absolute atomic E-state index is 0.0547. The van der Waals surface area contributed by atoms with E-state index < -0.39 is 17.9 Å². The van der Waals surface area contributed by atoms with E-state index in [0.717, 1.165) is 4.90 Å². The van der Waals surface area contributed by atoms with Gasteiger partial charge in [0.1, 0.15) is 5.82 Å². The van der Waals surface area contributed by atoms with Crippen LogP contribution in [0.15, 0.2) is 29.2 Å². The van der Waals surface area contributed by atoms with Crippen LogP contribution in [0.3, 0.4) is 0 Å². The molecule has 1 unspecified atom stereocenters. The summed E-state index contributed by atoms with van der Waals surface area (Å²) in [6, 6.07) is 4.64. The van der Waals surface area contributed by atoms with E-state index in [9.17, 15) is 14.0 Å². The van der Waals surface area contributed by atoms with Crippen LogP contribution >= 0.6 is 11.8 Å². The number of amides is 1. The monoisotopic (exact) mass is 287 g/mol. The highest BCUT2D eigenvalue weighted by Gasteiger charge is 2.19. The lowest BCUT2D eigenvalue weighted by molar-refractivity contribution is -0.142. The predicted molar refractivity (Wildman–Crippen MR) is 68.6 cm³/mol. The highest BCUT2D eigenvalue weighted by atomic mass is 32.2. The predicted octanol–water partition coefficient (Wildman–Crippen LogP) is 1.13. The van der Waals surface area contributed by atoms with Gasteiger partial charge in [-0.15, -0.1) is 11.8 Å². The Morgan fingerprint density at radius 3 is 2.58 bits per heavy atom. The molecule has 0 radical (unpaired) electrons. The number of carbonyl (C=O) groups is 2. The molecule has 2 N–H and O–H groups in total. The zero-order valence-electron chi connectivity index (χ0n) is 10.3. The van der Waals surface area contributed by atoms with Crippen molar-refractivity contribution >= 4 is 23.6 Å². The number of methoxy groups -OCH3 is 1. The normalized spacial score (nSPS) is 11.9. The Labute approximate surface area is 114 Å². The van der Waals surface area contributed by atoms with Crippen LogP contribution in [0, 0.1) is 5.82 Å². The number of ether oxygens (including phenoxy) is 1. The standard InChI is InChI=1S/C12H14FNO4S/c1-18-6-10(12(16)17)14-11(15)7-19-9-4-2-8(13)3-5-9/h2-5,10H,6-7H2,1H3,(H,14,15)(H,16,17). The summed E-state index contributed by atoms with van der Waals surface area (Å²) in [5.41, 5.74) is 0. The number of carboxylic acid groups (broad SMARTS) is 1. The van der Waals surface area contributed by atoms with E-state index in [1.807, 2.05) is 0 Å². The van der Waals surface area contributed by atoms with Crippen LogP contribution in [0.4, 0.5) is 4.39 Å². The molecule has 7 heteroatoms. The van der Waals surface area contributed by atoms with Gasteiger partial charge in [0.15, 0.2) is 6.04 Å². The summed E-state index contributed by atoms with van der Waals surface area (Å²) in [4.78, 5) is 23.1. The van der Waals surface area contributed by atoms with Gasteiger partial charge in [-0.05, 0) is 24.3 Å². The Morgan fingerprint density at radius 1 is 1.42 bits per heavy atom. The topological polar surface area (TPSA) is 75.6 Å². The fraction of sp³-hybridized carbons (Fsp3) is 0.333. The first kappa shape index (κ1) is 15.5. The summed E-state index contributed by atoms with van der Waals surface area (Å²) in [6.45, 7) is -0.0950. The van der Waals surface area contributed by atoms with Gasteiger partial charge >= 0.3 is 5.97 Å². The molecule has 0 aromatic heterocycles. The van der Waals surface area contributed by atoms with Crippen molar-refractivity contribution in [1.82, 2.24) is 5.32 Å². The van der Waals surface area contributed by atoms with Gasteiger partial charge < -0.3 is 15.2 Å². The molecule has 0 bridgehead atoms. The summed E-state index contributed by atoms with van der Waals surface area (Å²) in [5.74, 6) is -1.86. The van der Waals surface area contributed by atoms with Gasteiger partial charge in [0.05, 0.1) is 12.4 Å². The summed E-state index contributed by atoms with van der Waals surface area (Å²) in [7, 11) is 1.36. The third-order valence-electron chi connectivity index (χ3n) is 2.15. The van der Waals surface area contributed by atoms with Crippen molar-refractivity contribution < 1.29 is 23.8 Å². The maximum absolute atomic E-state index is 12.7. The Morgan fingerprint density at radius 2 is 2.05 bits per heavy atom. The average Bonchev–Trinajstić information content (AvgIpc) is 2.37. The highest BCUT2D eigenvalue weighted by molar-refractivity contribution is 8.00. The smallest absolute Gasteiger partial charge is 0.328 e. The number of hydrogen-bond acceptors (Lipinski definition) is 4. The lowest BCUT2D eigenvalue weighted by atomic mass is 10.3. The number of rotatable bonds is 7. The Balaban J connectivity index is 2.42. The van der Waals surface area contributed by atoms with Gasteiger partial charge in [-0.3, -0.25) is 4.79 Å². The molecule has 5 nitrogen and oxygen atoms in total. The lowest BCUT2D eigenvalue weighted by Crippen LogP contribution is -2.44. The molecular formula is C12H14FNO4S. The van der Waals surface area contributed by atoms with Gasteiger partial charge in [-0.25, -0.2) is 9.18 Å². The molecule has 0 fully saturated rings. The van der Waals surface area contributed by atoms with Crippen molar-refractivity contribution in [2.24, 2.45) is 0 Å². The molecule has 104 valence electrons. The first-order chi connectivity index (χ1) is 9.02. The molecule has 0 aliphatic rings. The van der Waals surface area contributed by atoms with E-state index in [0.29, 0.717) is 0 Å². The molecule has 0 aliphatic heterocycles. The van der Waals surface area contributed by atoms with E-state index in [-0.39, 0.29) is 18.2 Å². The SMILES string of the molecule is COCC(NC(=O)CSc1ccc(F)cc1)C(=O)O. The first-order valence-corrected chi connectivity index (χ1v) is 6.41. The molecular weight excluding hydrogens is 273 g/mol. The lowest BCUT2D eigenvalue weighted by Gasteiger charge is -2.13. The van der Waals surface area contributed by atoms with Crippen LogP contribution in [0.1, 0.15) is 0 Å². The number of halogens is 1. The van der Waals surface area contributed by atoms with Gasteiger partial charge in [0, 0.05) is 12.0 Å². The van der Waals surface area contributed by atoms with Gasteiger partial charge in [-0.1, -0.05) is 0 Å². The number of hydrogen-bond donors (Lipinski definition) is 2. The summed E-state index contributed by atoms with van der Waals surface area (Å²) in [6.07, 6.45) is 0. The van der Waals surface area contributed by atoms with E-state index in [1.165, 1.54) is 31.0 Å². The molecule has 1 rings (SSSR count). The van der Waals surface area contributed by atoms with E-state index in [2.05, 4.69) is 5.32 Å². The quantitative estimate of drug-likeness (QED) is 0.735. The van der Waals surface area contributed by atoms with Crippen LogP contribution in [-0.2, 0) is 14.3 Å². The van der Waals surface area contributed by atoms with Crippen LogP contribution < -0.4 is 5.32 Å². The van der Waals surface area contributed by atoms with E-state index in [1.54, 1.807) is 12.1 Å². The number of nitrogens with one attached hydrogen (secondary N) is 1. The molecule has 1 atom stereocenters. The number of carboxylic acids is 1. The second-order valence-corrected chi connectivity index (χ2v) is 4.71. The fourth-order valence-electron chi connectivity index (χ4n) is 1.26. The molecule has 19 heavy (non-hydrogen) atoms. The van der Waals surface area contributed by atoms with Gasteiger partial charge in [-0.2, -0.15) is 0 Å². The van der Waals surface area contributed by atoms with Gasteiger partial charge in [0.2, 0.25) is 5.91 Å². The Hall–Kier alpha value is -1.60. The maximum atomic E-state index is 12.7. The largest absolute Gasteiger partial charge is 0.480 e.